The second-order valence-corrected chi connectivity index (χ2v) is 5.57. The second kappa shape index (κ2) is 7.64. The summed E-state index contributed by atoms with van der Waals surface area (Å²) < 4.78 is 0. The molecule has 5 N–H and O–H groups in total. The van der Waals surface area contributed by atoms with E-state index >= 15 is 0 Å². The van der Waals surface area contributed by atoms with Gasteiger partial charge in [0.1, 0.15) is 0 Å². The third kappa shape index (κ3) is 4.59. The van der Waals surface area contributed by atoms with Gasteiger partial charge >= 0.3 is 0 Å². The highest BCUT2D eigenvalue weighted by Gasteiger charge is 2.26. The molecule has 0 spiro atoms. The maximum absolute atomic E-state index is 12.0. The van der Waals surface area contributed by atoms with Crippen molar-refractivity contribution in [2.24, 2.45) is 17.4 Å². The largest absolute Gasteiger partial charge is 0.366 e. The van der Waals surface area contributed by atoms with Gasteiger partial charge < -0.3 is 16.8 Å². The molecule has 1 fully saturated rings. The second-order valence-electron chi connectivity index (χ2n) is 5.17. The Bertz CT molecular complexity index is 537. The monoisotopic (exact) mass is 331 g/mol. The number of carbonyl (C=O) groups is 2. The number of benzene rings is 1. The minimum atomic E-state index is -0.621. The summed E-state index contributed by atoms with van der Waals surface area (Å²) in [6, 6.07) is 4.77. The van der Waals surface area contributed by atoms with Gasteiger partial charge in [-0.05, 0) is 37.0 Å². The Morgan fingerprint density at radius 1 is 1.33 bits per heavy atom. The molecule has 0 aliphatic heterocycles. The Kier molecular flexibility index (Phi) is 6.45. The SMILES string of the molecule is Cl.NC(=O)c1cc(NC(=O)C[C@@H]2CCC[C@H]2N)ccc1Cl. The van der Waals surface area contributed by atoms with Gasteiger partial charge in [0.25, 0.3) is 0 Å². The summed E-state index contributed by atoms with van der Waals surface area (Å²) in [5.74, 6) is -0.494. The van der Waals surface area contributed by atoms with Crippen molar-refractivity contribution in [2.45, 2.75) is 31.7 Å². The van der Waals surface area contributed by atoms with Gasteiger partial charge in [-0.15, -0.1) is 12.4 Å². The van der Waals surface area contributed by atoms with Gasteiger partial charge in [0.2, 0.25) is 11.8 Å². The van der Waals surface area contributed by atoms with E-state index < -0.39 is 5.91 Å². The Labute approximate surface area is 134 Å². The van der Waals surface area contributed by atoms with Gasteiger partial charge in [0.05, 0.1) is 10.6 Å². The number of carbonyl (C=O) groups excluding carboxylic acids is 2. The number of primary amides is 1. The van der Waals surface area contributed by atoms with Crippen LogP contribution in [0.5, 0.6) is 0 Å². The minimum absolute atomic E-state index is 0. The first-order chi connectivity index (χ1) is 9.47. The van der Waals surface area contributed by atoms with Gasteiger partial charge in [-0.3, -0.25) is 9.59 Å². The summed E-state index contributed by atoms with van der Waals surface area (Å²) in [6.45, 7) is 0. The Hall–Kier alpha value is -1.30. The standard InChI is InChI=1S/C14H18ClN3O2.ClH/c15-11-5-4-9(7-10(11)14(17)20)18-13(19)6-8-2-1-3-12(8)16;/h4-5,7-8,12H,1-3,6,16H2,(H2,17,20)(H,18,19);1H/t8-,12+;/m0./s1. The van der Waals surface area contributed by atoms with E-state index in [2.05, 4.69) is 5.32 Å². The summed E-state index contributed by atoms with van der Waals surface area (Å²) in [6.07, 6.45) is 3.44. The number of halogens is 2. The average molecular weight is 332 g/mol. The number of amides is 2. The van der Waals surface area contributed by atoms with Crippen LogP contribution in [0.1, 0.15) is 36.0 Å². The molecule has 2 amide bonds. The highest BCUT2D eigenvalue weighted by molar-refractivity contribution is 6.33. The summed E-state index contributed by atoms with van der Waals surface area (Å²) in [5.41, 5.74) is 11.9. The van der Waals surface area contributed by atoms with Crippen LogP contribution in [0.15, 0.2) is 18.2 Å². The predicted octanol–water partition coefficient (Wildman–Crippen LogP) is 2.32. The summed E-state index contributed by atoms with van der Waals surface area (Å²) in [7, 11) is 0. The molecule has 2 rings (SSSR count). The van der Waals surface area contributed by atoms with Gasteiger partial charge in [0, 0.05) is 18.2 Å². The molecule has 21 heavy (non-hydrogen) atoms. The summed E-state index contributed by atoms with van der Waals surface area (Å²) in [5, 5.41) is 3.02. The van der Waals surface area contributed by atoms with Crippen molar-refractivity contribution < 1.29 is 9.59 Å². The van der Waals surface area contributed by atoms with Gasteiger partial charge in [-0.25, -0.2) is 0 Å². The molecule has 1 saturated carbocycles. The van der Waals surface area contributed by atoms with Crippen LogP contribution in [0.4, 0.5) is 5.69 Å². The lowest BCUT2D eigenvalue weighted by Crippen LogP contribution is -2.28. The number of anilines is 1. The van der Waals surface area contributed by atoms with E-state index in [0.717, 1.165) is 19.3 Å². The molecule has 7 heteroatoms. The van der Waals surface area contributed by atoms with E-state index in [1.54, 1.807) is 12.1 Å². The quantitative estimate of drug-likeness (QED) is 0.789. The lowest BCUT2D eigenvalue weighted by atomic mass is 10.00. The number of nitrogens with one attached hydrogen (secondary N) is 1. The fraction of sp³-hybridized carbons (Fsp3) is 0.429. The molecule has 1 aromatic carbocycles. The molecule has 0 bridgehead atoms. The minimum Gasteiger partial charge on any atom is -0.366 e. The van der Waals surface area contributed by atoms with Crippen LogP contribution in [-0.2, 0) is 4.79 Å². The highest BCUT2D eigenvalue weighted by Crippen LogP contribution is 2.27. The van der Waals surface area contributed by atoms with E-state index in [0.29, 0.717) is 12.1 Å². The van der Waals surface area contributed by atoms with Crippen LogP contribution >= 0.6 is 24.0 Å². The van der Waals surface area contributed by atoms with E-state index in [-0.39, 0.29) is 40.9 Å². The number of rotatable bonds is 4. The van der Waals surface area contributed by atoms with Gasteiger partial charge in [-0.2, -0.15) is 0 Å². The molecular formula is C14H19Cl2N3O2. The van der Waals surface area contributed by atoms with Gasteiger partial charge in [0.15, 0.2) is 0 Å². The lowest BCUT2D eigenvalue weighted by molar-refractivity contribution is -0.117. The normalized spacial score (nSPS) is 20.7. The van der Waals surface area contributed by atoms with E-state index in [4.69, 9.17) is 23.1 Å². The van der Waals surface area contributed by atoms with Crippen molar-refractivity contribution >= 4 is 41.5 Å². The van der Waals surface area contributed by atoms with Crippen molar-refractivity contribution in [3.8, 4) is 0 Å². The average Bonchev–Trinajstić information content (AvgIpc) is 2.77. The predicted molar refractivity (Wildman–Crippen MR) is 85.8 cm³/mol. The number of nitrogens with two attached hydrogens (primary N) is 2. The zero-order chi connectivity index (χ0) is 14.7. The summed E-state index contributed by atoms with van der Waals surface area (Å²) >= 11 is 5.85. The van der Waals surface area contributed by atoms with Crippen LogP contribution < -0.4 is 16.8 Å². The van der Waals surface area contributed by atoms with Crippen molar-refractivity contribution in [3.63, 3.8) is 0 Å². The van der Waals surface area contributed by atoms with Crippen molar-refractivity contribution in [1.29, 1.82) is 0 Å². The zero-order valence-electron chi connectivity index (χ0n) is 11.5. The first kappa shape index (κ1) is 17.8. The molecule has 0 unspecified atom stereocenters. The molecule has 5 nitrogen and oxygen atoms in total. The summed E-state index contributed by atoms with van der Waals surface area (Å²) in [4.78, 5) is 23.2. The maximum atomic E-state index is 12.0. The van der Waals surface area contributed by atoms with Crippen LogP contribution in [0.2, 0.25) is 5.02 Å². The van der Waals surface area contributed by atoms with Crippen LogP contribution in [0.3, 0.4) is 0 Å². The molecule has 0 radical (unpaired) electrons. The molecule has 0 saturated heterocycles. The van der Waals surface area contributed by atoms with Crippen molar-refractivity contribution in [3.05, 3.63) is 28.8 Å². The Morgan fingerprint density at radius 3 is 2.62 bits per heavy atom. The molecule has 1 aliphatic rings. The highest BCUT2D eigenvalue weighted by atomic mass is 35.5. The zero-order valence-corrected chi connectivity index (χ0v) is 13.0. The third-order valence-corrected chi connectivity index (χ3v) is 4.01. The fourth-order valence-electron chi connectivity index (χ4n) is 2.56. The molecule has 2 atom stereocenters. The van der Waals surface area contributed by atoms with Crippen LogP contribution in [0, 0.1) is 5.92 Å². The van der Waals surface area contributed by atoms with E-state index in [9.17, 15) is 9.59 Å². The molecule has 1 aromatic rings. The molecular weight excluding hydrogens is 313 g/mol. The maximum Gasteiger partial charge on any atom is 0.250 e. The Morgan fingerprint density at radius 2 is 2.05 bits per heavy atom. The number of hydrogen-bond donors (Lipinski definition) is 3. The van der Waals surface area contributed by atoms with Gasteiger partial charge in [-0.1, -0.05) is 18.0 Å². The van der Waals surface area contributed by atoms with Crippen LogP contribution in [0.25, 0.3) is 0 Å². The lowest BCUT2D eigenvalue weighted by Gasteiger charge is -2.15. The molecule has 1 aliphatic carbocycles. The fourth-order valence-corrected chi connectivity index (χ4v) is 2.77. The van der Waals surface area contributed by atoms with E-state index in [1.807, 2.05) is 0 Å². The first-order valence-electron chi connectivity index (χ1n) is 6.62. The first-order valence-corrected chi connectivity index (χ1v) is 7.00. The van der Waals surface area contributed by atoms with Crippen molar-refractivity contribution in [1.82, 2.24) is 0 Å². The molecule has 116 valence electrons. The topological polar surface area (TPSA) is 98.2 Å². The third-order valence-electron chi connectivity index (χ3n) is 3.68. The molecule has 0 heterocycles. The smallest absolute Gasteiger partial charge is 0.250 e. The molecule has 0 aromatic heterocycles. The van der Waals surface area contributed by atoms with Crippen molar-refractivity contribution in [2.75, 3.05) is 5.32 Å². The van der Waals surface area contributed by atoms with E-state index in [1.165, 1.54) is 6.07 Å². The van der Waals surface area contributed by atoms with Crippen LogP contribution in [-0.4, -0.2) is 17.9 Å². The number of hydrogen-bond acceptors (Lipinski definition) is 3. The Balaban J connectivity index is 0.00000220.